The molecule has 136 valence electrons. The molecule has 5 nitrogen and oxygen atoms in total. The minimum atomic E-state index is -0.308. The lowest BCUT2D eigenvalue weighted by Crippen LogP contribution is -2.42. The molecule has 0 saturated carbocycles. The first-order chi connectivity index (χ1) is 12.7. The molecule has 26 heavy (non-hydrogen) atoms. The first-order valence-electron chi connectivity index (χ1n) is 8.72. The van der Waals surface area contributed by atoms with Crippen LogP contribution in [-0.4, -0.2) is 36.5 Å². The van der Waals surface area contributed by atoms with E-state index in [9.17, 15) is 9.59 Å². The number of carbonyl (C=O) groups excluding carboxylic acids is 2. The molecule has 0 spiro atoms. The second-order valence-electron chi connectivity index (χ2n) is 6.21. The average Bonchev–Trinajstić information content (AvgIpc) is 3.19. The molecule has 1 aliphatic heterocycles. The van der Waals surface area contributed by atoms with Crippen molar-refractivity contribution in [1.29, 1.82) is 0 Å². The zero-order chi connectivity index (χ0) is 18.2. The minimum absolute atomic E-state index is 0.0793. The number of para-hydroxylation sites is 1. The Morgan fingerprint density at radius 2 is 1.92 bits per heavy atom. The van der Waals surface area contributed by atoms with Crippen LogP contribution in [0, 0.1) is 5.92 Å². The Morgan fingerprint density at radius 1 is 1.15 bits per heavy atom. The lowest BCUT2D eigenvalue weighted by molar-refractivity contribution is -0.116. The predicted molar refractivity (Wildman–Crippen MR) is 103 cm³/mol. The van der Waals surface area contributed by atoms with Crippen LogP contribution in [0.4, 0.5) is 4.79 Å². The summed E-state index contributed by atoms with van der Waals surface area (Å²) in [4.78, 5) is 26.8. The van der Waals surface area contributed by atoms with E-state index in [1.165, 1.54) is 0 Å². The van der Waals surface area contributed by atoms with Crippen LogP contribution in [0.1, 0.15) is 17.7 Å². The SMILES string of the molecule is O=C(/C=C/c1cccs1)NCC1CCN(C(=O)Oc2ccccc2)CC1. The zero-order valence-electron chi connectivity index (χ0n) is 14.5. The fraction of sp³-hybridized carbons (Fsp3) is 0.300. The quantitative estimate of drug-likeness (QED) is 0.815. The molecule has 0 bridgehead atoms. The summed E-state index contributed by atoms with van der Waals surface area (Å²) in [6.07, 6.45) is 4.80. The third kappa shape index (κ3) is 5.46. The smallest absolute Gasteiger partial charge is 0.410 e. The number of likely N-dealkylation sites (tertiary alicyclic amines) is 1. The van der Waals surface area contributed by atoms with Crippen molar-refractivity contribution in [1.82, 2.24) is 10.2 Å². The van der Waals surface area contributed by atoms with E-state index in [1.807, 2.05) is 41.8 Å². The lowest BCUT2D eigenvalue weighted by Gasteiger charge is -2.31. The van der Waals surface area contributed by atoms with E-state index >= 15 is 0 Å². The van der Waals surface area contributed by atoms with Gasteiger partial charge >= 0.3 is 6.09 Å². The Hall–Kier alpha value is -2.60. The van der Waals surface area contributed by atoms with Crippen molar-refractivity contribution < 1.29 is 14.3 Å². The van der Waals surface area contributed by atoms with E-state index in [2.05, 4.69) is 5.32 Å². The summed E-state index contributed by atoms with van der Waals surface area (Å²) in [6.45, 7) is 1.93. The predicted octanol–water partition coefficient (Wildman–Crippen LogP) is 3.79. The second kappa shape index (κ2) is 9.20. The van der Waals surface area contributed by atoms with Crippen LogP contribution in [0.2, 0.25) is 0 Å². The van der Waals surface area contributed by atoms with E-state index < -0.39 is 0 Å². The maximum Gasteiger partial charge on any atom is 0.415 e. The maximum absolute atomic E-state index is 12.2. The molecule has 0 unspecified atom stereocenters. The van der Waals surface area contributed by atoms with Crippen LogP contribution in [0.15, 0.2) is 53.9 Å². The van der Waals surface area contributed by atoms with Crippen LogP contribution in [0.3, 0.4) is 0 Å². The van der Waals surface area contributed by atoms with Crippen LogP contribution in [0.5, 0.6) is 5.75 Å². The topological polar surface area (TPSA) is 58.6 Å². The number of hydrogen-bond donors (Lipinski definition) is 1. The number of nitrogens with zero attached hydrogens (tertiary/aromatic N) is 1. The molecule has 0 aliphatic carbocycles. The molecule has 1 fully saturated rings. The summed E-state index contributed by atoms with van der Waals surface area (Å²) in [5, 5.41) is 4.92. The number of ether oxygens (including phenoxy) is 1. The lowest BCUT2D eigenvalue weighted by atomic mass is 9.97. The molecular formula is C20H22N2O3S. The van der Waals surface area contributed by atoms with E-state index in [1.54, 1.807) is 34.4 Å². The van der Waals surface area contributed by atoms with Crippen molar-refractivity contribution >= 4 is 29.4 Å². The third-order valence-electron chi connectivity index (χ3n) is 4.33. The highest BCUT2D eigenvalue weighted by Crippen LogP contribution is 2.18. The molecule has 1 aromatic heterocycles. The molecule has 0 atom stereocenters. The first kappa shape index (κ1) is 18.2. The number of rotatable bonds is 5. The summed E-state index contributed by atoms with van der Waals surface area (Å²) in [5.41, 5.74) is 0. The zero-order valence-corrected chi connectivity index (χ0v) is 15.3. The summed E-state index contributed by atoms with van der Waals surface area (Å²) < 4.78 is 5.36. The number of nitrogens with one attached hydrogen (secondary N) is 1. The van der Waals surface area contributed by atoms with Crippen molar-refractivity contribution in [2.45, 2.75) is 12.8 Å². The second-order valence-corrected chi connectivity index (χ2v) is 7.18. The largest absolute Gasteiger partial charge is 0.415 e. The Kier molecular flexibility index (Phi) is 6.44. The van der Waals surface area contributed by atoms with Crippen molar-refractivity contribution in [3.8, 4) is 5.75 Å². The molecule has 1 saturated heterocycles. The summed E-state index contributed by atoms with van der Waals surface area (Å²) in [5.74, 6) is 0.864. The number of carbonyl (C=O) groups is 2. The normalized spacial score (nSPS) is 15.2. The number of benzene rings is 1. The number of hydrogen-bond acceptors (Lipinski definition) is 4. The Bertz CT molecular complexity index is 736. The van der Waals surface area contributed by atoms with Gasteiger partial charge in [-0.2, -0.15) is 0 Å². The molecule has 6 heteroatoms. The molecule has 1 aromatic carbocycles. The molecule has 2 amide bonds. The molecule has 3 rings (SSSR count). The van der Waals surface area contributed by atoms with E-state index in [0.717, 1.165) is 17.7 Å². The van der Waals surface area contributed by atoms with Gasteiger partial charge in [-0.15, -0.1) is 11.3 Å². The summed E-state index contributed by atoms with van der Waals surface area (Å²) in [7, 11) is 0. The van der Waals surface area contributed by atoms with E-state index in [-0.39, 0.29) is 12.0 Å². The average molecular weight is 370 g/mol. The van der Waals surface area contributed by atoms with Crippen LogP contribution in [-0.2, 0) is 4.79 Å². The van der Waals surface area contributed by atoms with Crippen LogP contribution >= 0.6 is 11.3 Å². The van der Waals surface area contributed by atoms with Crippen molar-refractivity contribution in [3.05, 3.63) is 58.8 Å². The van der Waals surface area contributed by atoms with Crippen molar-refractivity contribution in [2.24, 2.45) is 5.92 Å². The number of thiophene rings is 1. The molecule has 2 heterocycles. The van der Waals surface area contributed by atoms with Crippen LogP contribution < -0.4 is 10.1 Å². The van der Waals surface area contributed by atoms with E-state index in [4.69, 9.17) is 4.74 Å². The maximum atomic E-state index is 12.2. The van der Waals surface area contributed by atoms with Crippen LogP contribution in [0.25, 0.3) is 6.08 Å². The highest BCUT2D eigenvalue weighted by Gasteiger charge is 2.24. The van der Waals surface area contributed by atoms with Gasteiger partial charge in [0.15, 0.2) is 0 Å². The fourth-order valence-electron chi connectivity index (χ4n) is 2.82. The van der Waals surface area contributed by atoms with Gasteiger partial charge in [0.1, 0.15) is 5.75 Å². The van der Waals surface area contributed by atoms with Gasteiger partial charge in [-0.25, -0.2) is 4.79 Å². The van der Waals surface area contributed by atoms with Gasteiger partial charge in [0, 0.05) is 30.6 Å². The highest BCUT2D eigenvalue weighted by atomic mass is 32.1. The first-order valence-corrected chi connectivity index (χ1v) is 9.60. The standard InChI is InChI=1S/C20H22N2O3S/c23-19(9-8-18-7-4-14-26-18)21-15-16-10-12-22(13-11-16)20(24)25-17-5-2-1-3-6-17/h1-9,14,16H,10-13,15H2,(H,21,23)/b9-8+. The van der Waals surface area contributed by atoms with Gasteiger partial charge in [0.2, 0.25) is 5.91 Å². The van der Waals surface area contributed by atoms with Gasteiger partial charge in [0.05, 0.1) is 0 Å². The molecular weight excluding hydrogens is 348 g/mol. The molecule has 2 aromatic rings. The van der Waals surface area contributed by atoms with Gasteiger partial charge in [-0.3, -0.25) is 4.79 Å². The van der Waals surface area contributed by atoms with Gasteiger partial charge in [-0.1, -0.05) is 24.3 Å². The third-order valence-corrected chi connectivity index (χ3v) is 5.17. The minimum Gasteiger partial charge on any atom is -0.410 e. The summed E-state index contributed by atoms with van der Waals surface area (Å²) in [6, 6.07) is 13.0. The van der Waals surface area contributed by atoms with Crippen molar-refractivity contribution in [3.63, 3.8) is 0 Å². The van der Waals surface area contributed by atoms with Gasteiger partial charge in [-0.05, 0) is 48.4 Å². The highest BCUT2D eigenvalue weighted by molar-refractivity contribution is 7.10. The van der Waals surface area contributed by atoms with Gasteiger partial charge in [0.25, 0.3) is 0 Å². The van der Waals surface area contributed by atoms with E-state index in [0.29, 0.717) is 31.3 Å². The Balaban J connectivity index is 1.37. The molecule has 1 N–H and O–H groups in total. The Morgan fingerprint density at radius 3 is 2.62 bits per heavy atom. The van der Waals surface area contributed by atoms with Gasteiger partial charge < -0.3 is 15.0 Å². The number of amides is 2. The Labute approximate surface area is 157 Å². The molecule has 0 radical (unpaired) electrons. The number of piperidine rings is 1. The monoisotopic (exact) mass is 370 g/mol. The summed E-state index contributed by atoms with van der Waals surface area (Å²) >= 11 is 1.60. The fourth-order valence-corrected chi connectivity index (χ4v) is 3.44. The van der Waals surface area contributed by atoms with Crippen molar-refractivity contribution in [2.75, 3.05) is 19.6 Å². The molecule has 1 aliphatic rings.